The maximum absolute atomic E-state index is 14.0. The van der Waals surface area contributed by atoms with Crippen LogP contribution in [0.1, 0.15) is 21.8 Å². The van der Waals surface area contributed by atoms with Crippen molar-refractivity contribution in [3.8, 4) is 11.4 Å². The first kappa shape index (κ1) is 19.3. The molecule has 0 atom stereocenters. The van der Waals surface area contributed by atoms with E-state index in [0.717, 1.165) is 15.9 Å². The van der Waals surface area contributed by atoms with Crippen molar-refractivity contribution in [1.82, 2.24) is 14.1 Å². The molecule has 0 aliphatic rings. The van der Waals surface area contributed by atoms with Crippen LogP contribution in [0.5, 0.6) is 0 Å². The third-order valence-electron chi connectivity index (χ3n) is 4.40. The third-order valence-corrected chi connectivity index (χ3v) is 5.68. The van der Waals surface area contributed by atoms with Gasteiger partial charge in [-0.1, -0.05) is 17.7 Å². The molecule has 0 fully saturated rings. The molecule has 0 radical (unpaired) electrons. The average molecular weight is 428 g/mol. The molecule has 4 rings (SSSR count). The van der Waals surface area contributed by atoms with Gasteiger partial charge >= 0.3 is 0 Å². The quantitative estimate of drug-likeness (QED) is 0.331. The number of rotatable bonds is 6. The predicted octanol–water partition coefficient (Wildman–Crippen LogP) is 4.69. The van der Waals surface area contributed by atoms with Gasteiger partial charge in [0.15, 0.2) is 5.78 Å². The zero-order valence-electron chi connectivity index (χ0n) is 15.1. The molecule has 3 aromatic heterocycles. The van der Waals surface area contributed by atoms with Crippen LogP contribution in [-0.2, 0) is 6.42 Å². The number of Topliss-reactive ketones (excluding diaryl/α,β-unsaturated/α-hetero) is 1. The second-order valence-corrected chi connectivity index (χ2v) is 8.05. The van der Waals surface area contributed by atoms with Crippen LogP contribution in [0, 0.1) is 5.95 Å². The smallest absolute Gasteiger partial charge is 0.257 e. The monoisotopic (exact) mass is 427 g/mol. The highest BCUT2D eigenvalue weighted by atomic mass is 35.5. The minimum Gasteiger partial charge on any atom is -0.306 e. The lowest BCUT2D eigenvalue weighted by atomic mass is 10.1. The molecule has 29 heavy (non-hydrogen) atoms. The molecule has 0 amide bonds. The van der Waals surface area contributed by atoms with Gasteiger partial charge in [0.2, 0.25) is 5.95 Å². The van der Waals surface area contributed by atoms with Gasteiger partial charge < -0.3 is 4.57 Å². The number of aromatic nitrogens is 3. The Morgan fingerprint density at radius 1 is 1.07 bits per heavy atom. The van der Waals surface area contributed by atoms with E-state index in [0.29, 0.717) is 27.7 Å². The molecular formula is C21H15ClFN3O2S. The van der Waals surface area contributed by atoms with Gasteiger partial charge in [0, 0.05) is 24.4 Å². The maximum Gasteiger partial charge on any atom is 0.257 e. The van der Waals surface area contributed by atoms with Crippen LogP contribution in [0.2, 0.25) is 4.34 Å². The van der Waals surface area contributed by atoms with Crippen LogP contribution in [0.15, 0.2) is 71.9 Å². The molecule has 0 bridgehead atoms. The Morgan fingerprint density at radius 3 is 2.52 bits per heavy atom. The zero-order chi connectivity index (χ0) is 20.4. The van der Waals surface area contributed by atoms with Crippen molar-refractivity contribution >= 4 is 28.7 Å². The summed E-state index contributed by atoms with van der Waals surface area (Å²) < 4.78 is 17.4. The lowest BCUT2D eigenvalue weighted by Gasteiger charge is -2.08. The van der Waals surface area contributed by atoms with Gasteiger partial charge in [-0.25, -0.2) is 4.98 Å². The van der Waals surface area contributed by atoms with Crippen molar-refractivity contribution in [2.75, 3.05) is 0 Å². The zero-order valence-corrected chi connectivity index (χ0v) is 16.7. The van der Waals surface area contributed by atoms with Gasteiger partial charge in [-0.3, -0.25) is 14.2 Å². The molecule has 5 nitrogen and oxygen atoms in total. The number of benzene rings is 1. The molecule has 0 aliphatic heterocycles. The largest absolute Gasteiger partial charge is 0.306 e. The van der Waals surface area contributed by atoms with Gasteiger partial charge in [0.25, 0.3) is 5.56 Å². The summed E-state index contributed by atoms with van der Waals surface area (Å²) in [6.45, 7) is 0. The van der Waals surface area contributed by atoms with Gasteiger partial charge in [0.1, 0.15) is 0 Å². The Morgan fingerprint density at radius 2 is 1.83 bits per heavy atom. The molecule has 3 heterocycles. The highest BCUT2D eigenvalue weighted by Gasteiger charge is 2.11. The molecule has 8 heteroatoms. The number of thiophene rings is 1. The topological polar surface area (TPSA) is 56.9 Å². The minimum atomic E-state index is -0.619. The molecule has 0 unspecified atom stereocenters. The third kappa shape index (κ3) is 4.21. The highest BCUT2D eigenvalue weighted by molar-refractivity contribution is 7.18. The predicted molar refractivity (Wildman–Crippen MR) is 111 cm³/mol. The molecule has 0 N–H and O–H groups in total. The van der Waals surface area contributed by atoms with Crippen LogP contribution in [0.25, 0.3) is 11.4 Å². The van der Waals surface area contributed by atoms with E-state index in [-0.39, 0.29) is 5.78 Å². The van der Waals surface area contributed by atoms with Crippen molar-refractivity contribution in [2.24, 2.45) is 0 Å². The molecular weight excluding hydrogens is 413 g/mol. The van der Waals surface area contributed by atoms with Gasteiger partial charge in [-0.05, 0) is 48.9 Å². The summed E-state index contributed by atoms with van der Waals surface area (Å²) in [6, 6.07) is 14.3. The first-order valence-corrected chi connectivity index (χ1v) is 10.0. The van der Waals surface area contributed by atoms with Gasteiger partial charge in [0.05, 0.1) is 26.9 Å². The number of ketones is 1. The van der Waals surface area contributed by atoms with E-state index in [2.05, 4.69) is 4.98 Å². The van der Waals surface area contributed by atoms with Gasteiger partial charge in [-0.15, -0.1) is 11.3 Å². The summed E-state index contributed by atoms with van der Waals surface area (Å²) in [5, 5.41) is 0. The molecule has 0 aliphatic carbocycles. The van der Waals surface area contributed by atoms with Crippen molar-refractivity contribution in [3.05, 3.63) is 98.3 Å². The number of carbonyl (C=O) groups is 1. The van der Waals surface area contributed by atoms with E-state index in [9.17, 15) is 14.0 Å². The van der Waals surface area contributed by atoms with Crippen molar-refractivity contribution in [2.45, 2.75) is 12.8 Å². The van der Waals surface area contributed by atoms with Crippen LogP contribution < -0.4 is 5.56 Å². The van der Waals surface area contributed by atoms with Gasteiger partial charge in [-0.2, -0.15) is 4.39 Å². The Hall–Kier alpha value is -3.03. The lowest BCUT2D eigenvalue weighted by Crippen LogP contribution is -2.19. The number of pyridine rings is 1. The fourth-order valence-corrected chi connectivity index (χ4v) is 3.96. The minimum absolute atomic E-state index is 0.0381. The first-order valence-electron chi connectivity index (χ1n) is 8.81. The second kappa shape index (κ2) is 8.14. The van der Waals surface area contributed by atoms with Crippen molar-refractivity contribution in [1.29, 1.82) is 0 Å². The molecule has 0 saturated heterocycles. The lowest BCUT2D eigenvalue weighted by molar-refractivity contribution is 0.0986. The molecule has 1 aromatic carbocycles. The summed E-state index contributed by atoms with van der Waals surface area (Å²) in [6.07, 6.45) is 4.37. The number of nitrogens with zero attached hydrogens (tertiary/aromatic N) is 3. The Kier molecular flexibility index (Phi) is 5.42. The van der Waals surface area contributed by atoms with Crippen molar-refractivity contribution in [3.63, 3.8) is 0 Å². The fourth-order valence-electron chi connectivity index (χ4n) is 2.95. The number of imidazole rings is 1. The Balaban J connectivity index is 1.47. The van der Waals surface area contributed by atoms with E-state index >= 15 is 0 Å². The molecule has 4 aromatic rings. The SMILES string of the molecule is O=C(CCc1cn(-c2ccc(-n3c(F)cccc3=O)cc2)cn1)c1ccc(Cl)s1. The number of hydrogen-bond donors (Lipinski definition) is 0. The summed E-state index contributed by atoms with van der Waals surface area (Å²) in [5.74, 6) is -0.581. The molecule has 0 spiro atoms. The standard InChI is InChI=1S/C21H15ClFN3O2S/c22-19-11-10-18(29-19)17(27)9-4-14-12-25(13-24-14)15-5-7-16(8-6-15)26-20(23)2-1-3-21(26)28/h1-3,5-8,10-13H,4,9H2. The Labute approximate surface area is 174 Å². The van der Waals surface area contributed by atoms with Crippen LogP contribution in [-0.4, -0.2) is 19.9 Å². The average Bonchev–Trinajstić information content (AvgIpc) is 3.36. The second-order valence-electron chi connectivity index (χ2n) is 6.34. The van der Waals surface area contributed by atoms with E-state index < -0.39 is 11.5 Å². The highest BCUT2D eigenvalue weighted by Crippen LogP contribution is 2.23. The summed E-state index contributed by atoms with van der Waals surface area (Å²) in [5.41, 5.74) is 1.61. The van der Waals surface area contributed by atoms with E-state index in [1.165, 1.54) is 29.5 Å². The fraction of sp³-hybridized carbons (Fsp3) is 0.0952. The summed E-state index contributed by atoms with van der Waals surface area (Å²) in [4.78, 5) is 29.1. The number of hydrogen-bond acceptors (Lipinski definition) is 4. The van der Waals surface area contributed by atoms with Crippen LogP contribution in [0.4, 0.5) is 4.39 Å². The number of halogens is 2. The van der Waals surface area contributed by atoms with Crippen LogP contribution in [0.3, 0.4) is 0 Å². The van der Waals surface area contributed by atoms with E-state index in [1.807, 2.05) is 10.8 Å². The van der Waals surface area contributed by atoms with Crippen LogP contribution >= 0.6 is 22.9 Å². The number of aryl methyl sites for hydroxylation is 1. The van der Waals surface area contributed by atoms with E-state index in [1.54, 1.807) is 42.7 Å². The molecule has 146 valence electrons. The summed E-state index contributed by atoms with van der Waals surface area (Å²) in [7, 11) is 0. The molecule has 0 saturated carbocycles. The normalized spacial score (nSPS) is 11.0. The first-order chi connectivity index (χ1) is 14.0. The number of carbonyl (C=O) groups excluding carboxylic acids is 1. The maximum atomic E-state index is 14.0. The van der Waals surface area contributed by atoms with Crippen molar-refractivity contribution < 1.29 is 9.18 Å². The summed E-state index contributed by atoms with van der Waals surface area (Å²) >= 11 is 7.15. The van der Waals surface area contributed by atoms with E-state index in [4.69, 9.17) is 11.6 Å². The Bertz CT molecular complexity index is 1230.